The molecule has 0 aliphatic carbocycles. The number of aliphatic hydroxyl groups is 1. The number of hydrogen-bond donors (Lipinski definition) is 3. The molecule has 0 bridgehead atoms. The summed E-state index contributed by atoms with van der Waals surface area (Å²) in [6.07, 6.45) is -0.616. The van der Waals surface area contributed by atoms with Gasteiger partial charge in [0.1, 0.15) is 18.5 Å². The zero-order valence-electron chi connectivity index (χ0n) is 16.9. The molecule has 5 nitrogen and oxygen atoms in total. The van der Waals surface area contributed by atoms with Gasteiger partial charge in [0, 0.05) is 30.3 Å². The van der Waals surface area contributed by atoms with E-state index < -0.39 is 6.10 Å². The topological polar surface area (TPSA) is 70.6 Å². The summed E-state index contributed by atoms with van der Waals surface area (Å²) in [5.41, 5.74) is 2.17. The van der Waals surface area contributed by atoms with Crippen LogP contribution in [0, 0.1) is 11.8 Å². The van der Waals surface area contributed by atoms with Gasteiger partial charge in [-0.05, 0) is 51.1 Å². The molecule has 0 radical (unpaired) electrons. The molecule has 0 heterocycles. The highest BCUT2D eigenvalue weighted by atomic mass is 16.5. The lowest BCUT2D eigenvalue weighted by molar-refractivity contribution is -0.114. The van der Waals surface area contributed by atoms with E-state index in [2.05, 4.69) is 22.5 Å². The normalized spacial score (nSPS) is 11.9. The number of benzene rings is 2. The molecule has 28 heavy (non-hydrogen) atoms. The van der Waals surface area contributed by atoms with Gasteiger partial charge in [-0.25, -0.2) is 0 Å². The number of anilines is 1. The lowest BCUT2D eigenvalue weighted by Gasteiger charge is -2.23. The summed E-state index contributed by atoms with van der Waals surface area (Å²) in [5.74, 6) is 6.70. The Morgan fingerprint density at radius 2 is 1.89 bits per heavy atom. The zero-order valence-corrected chi connectivity index (χ0v) is 16.9. The van der Waals surface area contributed by atoms with Crippen LogP contribution in [0.4, 0.5) is 5.69 Å². The molecule has 2 rings (SSSR count). The molecule has 0 spiro atoms. The summed E-state index contributed by atoms with van der Waals surface area (Å²) in [6, 6.07) is 14.8. The Morgan fingerprint density at radius 1 is 1.14 bits per heavy atom. The number of amides is 1. The first kappa shape index (κ1) is 21.5. The van der Waals surface area contributed by atoms with Crippen LogP contribution in [0.3, 0.4) is 0 Å². The highest BCUT2D eigenvalue weighted by Crippen LogP contribution is 2.17. The monoisotopic (exact) mass is 380 g/mol. The van der Waals surface area contributed by atoms with Crippen LogP contribution in [0.25, 0.3) is 0 Å². The molecule has 148 valence electrons. The first-order valence-electron chi connectivity index (χ1n) is 9.27. The number of hydrogen-bond acceptors (Lipinski definition) is 4. The number of aliphatic hydroxyl groups excluding tert-OH is 1. The Hall–Kier alpha value is -2.81. The molecule has 0 aliphatic heterocycles. The third kappa shape index (κ3) is 7.83. The summed E-state index contributed by atoms with van der Waals surface area (Å²) >= 11 is 0. The first-order chi connectivity index (χ1) is 13.2. The van der Waals surface area contributed by atoms with Crippen LogP contribution >= 0.6 is 0 Å². The van der Waals surface area contributed by atoms with Crippen LogP contribution in [0.5, 0.6) is 5.75 Å². The SMILES string of the molecule is CC(=O)Nc1cccc(C#Cc2ccccc2OCC(O)CNC(C)(C)C)c1. The number of nitrogens with one attached hydrogen (secondary N) is 2. The van der Waals surface area contributed by atoms with Gasteiger partial charge in [-0.15, -0.1) is 0 Å². The minimum absolute atomic E-state index is 0.0594. The maximum absolute atomic E-state index is 11.2. The molecular weight excluding hydrogens is 352 g/mol. The van der Waals surface area contributed by atoms with E-state index in [0.29, 0.717) is 18.0 Å². The predicted octanol–water partition coefficient (Wildman–Crippen LogP) is 3.17. The molecule has 0 saturated heterocycles. The van der Waals surface area contributed by atoms with Crippen molar-refractivity contribution in [1.29, 1.82) is 0 Å². The zero-order chi connectivity index (χ0) is 20.6. The van der Waals surface area contributed by atoms with Crippen molar-refractivity contribution in [3.63, 3.8) is 0 Å². The second-order valence-electron chi connectivity index (χ2n) is 7.60. The smallest absolute Gasteiger partial charge is 0.221 e. The summed E-state index contributed by atoms with van der Waals surface area (Å²) in [7, 11) is 0. The van der Waals surface area contributed by atoms with Crippen molar-refractivity contribution in [3.05, 3.63) is 59.7 Å². The van der Waals surface area contributed by atoms with Gasteiger partial charge in [-0.3, -0.25) is 4.79 Å². The van der Waals surface area contributed by atoms with Gasteiger partial charge in [0.25, 0.3) is 0 Å². The number of ether oxygens (including phenoxy) is 1. The molecule has 0 saturated carbocycles. The van der Waals surface area contributed by atoms with E-state index in [1.54, 1.807) is 0 Å². The third-order valence-corrected chi connectivity index (χ3v) is 3.71. The van der Waals surface area contributed by atoms with Gasteiger partial charge in [0.15, 0.2) is 0 Å². The van der Waals surface area contributed by atoms with Gasteiger partial charge in [-0.2, -0.15) is 0 Å². The fourth-order valence-corrected chi connectivity index (χ4v) is 2.38. The quantitative estimate of drug-likeness (QED) is 0.673. The van der Waals surface area contributed by atoms with Crippen molar-refractivity contribution in [2.75, 3.05) is 18.5 Å². The van der Waals surface area contributed by atoms with E-state index in [1.165, 1.54) is 6.92 Å². The maximum atomic E-state index is 11.2. The summed E-state index contributed by atoms with van der Waals surface area (Å²) in [6.45, 7) is 8.25. The second-order valence-corrected chi connectivity index (χ2v) is 7.60. The van der Waals surface area contributed by atoms with E-state index in [0.717, 1.165) is 11.1 Å². The van der Waals surface area contributed by atoms with Crippen molar-refractivity contribution in [3.8, 4) is 17.6 Å². The molecule has 1 amide bonds. The van der Waals surface area contributed by atoms with E-state index in [9.17, 15) is 9.90 Å². The fraction of sp³-hybridized carbons (Fsp3) is 0.348. The molecule has 0 aromatic heterocycles. The van der Waals surface area contributed by atoms with Gasteiger partial charge in [0.05, 0.1) is 5.56 Å². The van der Waals surface area contributed by atoms with Crippen molar-refractivity contribution in [1.82, 2.24) is 5.32 Å². The Morgan fingerprint density at radius 3 is 2.61 bits per heavy atom. The van der Waals surface area contributed by atoms with Gasteiger partial charge < -0.3 is 20.5 Å². The average molecular weight is 380 g/mol. The molecule has 1 unspecified atom stereocenters. The third-order valence-electron chi connectivity index (χ3n) is 3.71. The van der Waals surface area contributed by atoms with E-state index in [-0.39, 0.29) is 18.1 Å². The fourth-order valence-electron chi connectivity index (χ4n) is 2.38. The Labute approximate surface area is 167 Å². The van der Waals surface area contributed by atoms with Crippen LogP contribution in [0.1, 0.15) is 38.8 Å². The van der Waals surface area contributed by atoms with E-state index >= 15 is 0 Å². The highest BCUT2D eigenvalue weighted by Gasteiger charge is 2.13. The Balaban J connectivity index is 2.05. The van der Waals surface area contributed by atoms with Crippen LogP contribution in [-0.4, -0.2) is 35.8 Å². The van der Waals surface area contributed by atoms with Crippen LogP contribution in [0.2, 0.25) is 0 Å². The molecule has 0 aliphatic rings. The van der Waals surface area contributed by atoms with E-state index in [1.807, 2.05) is 69.3 Å². The number of rotatable bonds is 6. The van der Waals surface area contributed by atoms with Crippen molar-refractivity contribution in [2.24, 2.45) is 0 Å². The Bertz CT molecular complexity index is 860. The average Bonchev–Trinajstić information content (AvgIpc) is 2.63. The lowest BCUT2D eigenvalue weighted by atomic mass is 10.1. The number of para-hydroxylation sites is 1. The number of β-amino-alcohol motifs (C(OH)–C–C–N with tert-alkyl or cyclic N) is 1. The summed E-state index contributed by atoms with van der Waals surface area (Å²) < 4.78 is 5.78. The summed E-state index contributed by atoms with van der Waals surface area (Å²) in [5, 5.41) is 16.1. The standard InChI is InChI=1S/C23H28N2O3/c1-17(26)25-20-10-7-8-18(14-20)12-13-19-9-5-6-11-22(19)28-16-21(27)15-24-23(2,3)4/h5-11,14,21,24,27H,15-16H2,1-4H3,(H,25,26). The second kappa shape index (κ2) is 9.93. The minimum atomic E-state index is -0.616. The molecule has 5 heteroatoms. The number of carbonyl (C=O) groups excluding carboxylic acids is 1. The molecule has 2 aromatic carbocycles. The molecular formula is C23H28N2O3. The van der Waals surface area contributed by atoms with Crippen molar-refractivity contribution in [2.45, 2.75) is 39.3 Å². The van der Waals surface area contributed by atoms with Crippen LogP contribution in [0.15, 0.2) is 48.5 Å². The van der Waals surface area contributed by atoms with Gasteiger partial charge in [0.2, 0.25) is 5.91 Å². The van der Waals surface area contributed by atoms with E-state index in [4.69, 9.17) is 4.74 Å². The van der Waals surface area contributed by atoms with Gasteiger partial charge >= 0.3 is 0 Å². The van der Waals surface area contributed by atoms with Crippen LogP contribution in [-0.2, 0) is 4.79 Å². The number of carbonyl (C=O) groups is 1. The maximum Gasteiger partial charge on any atom is 0.221 e. The largest absolute Gasteiger partial charge is 0.490 e. The molecule has 3 N–H and O–H groups in total. The summed E-state index contributed by atoms with van der Waals surface area (Å²) in [4.78, 5) is 11.2. The minimum Gasteiger partial charge on any atom is -0.490 e. The lowest BCUT2D eigenvalue weighted by Crippen LogP contribution is -2.42. The van der Waals surface area contributed by atoms with Crippen LogP contribution < -0.4 is 15.4 Å². The highest BCUT2D eigenvalue weighted by molar-refractivity contribution is 5.88. The Kier molecular flexibility index (Phi) is 7.62. The molecule has 0 fully saturated rings. The molecule has 1 atom stereocenters. The van der Waals surface area contributed by atoms with Crippen molar-refractivity contribution < 1.29 is 14.6 Å². The molecule has 2 aromatic rings. The van der Waals surface area contributed by atoms with Crippen molar-refractivity contribution >= 4 is 11.6 Å². The predicted molar refractivity (Wildman–Crippen MR) is 112 cm³/mol. The van der Waals surface area contributed by atoms with Gasteiger partial charge in [-0.1, -0.05) is 30.0 Å². The first-order valence-corrected chi connectivity index (χ1v) is 9.27.